The Hall–Kier alpha value is -2.22. The maximum absolute atomic E-state index is 14.3. The minimum atomic E-state index is -0.791. The minimum Gasteiger partial charge on any atom is -0.204 e. The highest BCUT2D eigenvalue weighted by atomic mass is 19.2. The zero-order valence-corrected chi connectivity index (χ0v) is 18.4. The second-order valence-corrected chi connectivity index (χ2v) is 8.57. The molecule has 0 N–H and O–H groups in total. The molecule has 3 rings (SSSR count). The fourth-order valence-corrected chi connectivity index (χ4v) is 4.42. The topological polar surface area (TPSA) is 0 Å². The standard InChI is InChI=1S/C28H34F2/c1-3-5-7-10-22-13-15-24(16-14-22)28(19-8-6-4-2)20-17-23(18-21-28)25-11-9-12-26(29)27(25)30/h9,11-18,20H,3-8,10,19,21H2,1-2H3. The van der Waals surface area contributed by atoms with Crippen LogP contribution in [-0.2, 0) is 11.8 Å². The van der Waals surface area contributed by atoms with Crippen LogP contribution < -0.4 is 0 Å². The third-order valence-electron chi connectivity index (χ3n) is 6.36. The van der Waals surface area contributed by atoms with Crippen molar-refractivity contribution in [3.8, 4) is 0 Å². The number of allylic oxidation sites excluding steroid dienone is 4. The van der Waals surface area contributed by atoms with Gasteiger partial charge in [-0.25, -0.2) is 8.78 Å². The molecule has 2 heteroatoms. The predicted molar refractivity (Wildman–Crippen MR) is 124 cm³/mol. The summed E-state index contributed by atoms with van der Waals surface area (Å²) < 4.78 is 28.0. The molecule has 0 heterocycles. The molecular formula is C28H34F2. The van der Waals surface area contributed by atoms with E-state index in [4.69, 9.17) is 0 Å². The lowest BCUT2D eigenvalue weighted by Crippen LogP contribution is -2.25. The van der Waals surface area contributed by atoms with Gasteiger partial charge >= 0.3 is 0 Å². The van der Waals surface area contributed by atoms with Gasteiger partial charge in [-0.1, -0.05) is 101 Å². The minimum absolute atomic E-state index is 0.0651. The first-order chi connectivity index (χ1) is 14.6. The van der Waals surface area contributed by atoms with E-state index in [1.54, 1.807) is 12.1 Å². The average Bonchev–Trinajstić information content (AvgIpc) is 2.77. The van der Waals surface area contributed by atoms with Crippen molar-refractivity contribution in [1.29, 1.82) is 0 Å². The first-order valence-corrected chi connectivity index (χ1v) is 11.5. The summed E-state index contributed by atoms with van der Waals surface area (Å²) in [5, 5.41) is 0. The quantitative estimate of drug-likeness (QED) is 0.345. The maximum Gasteiger partial charge on any atom is 0.166 e. The van der Waals surface area contributed by atoms with Crippen LogP contribution >= 0.6 is 0 Å². The molecule has 0 nitrogen and oxygen atoms in total. The number of benzene rings is 2. The van der Waals surface area contributed by atoms with E-state index in [9.17, 15) is 8.78 Å². The average molecular weight is 409 g/mol. The van der Waals surface area contributed by atoms with Crippen molar-refractivity contribution >= 4 is 5.57 Å². The summed E-state index contributed by atoms with van der Waals surface area (Å²) in [4.78, 5) is 0. The van der Waals surface area contributed by atoms with E-state index in [2.05, 4.69) is 50.3 Å². The van der Waals surface area contributed by atoms with E-state index in [0.717, 1.165) is 31.3 Å². The Morgan fingerprint density at radius 2 is 1.60 bits per heavy atom. The molecule has 0 saturated heterocycles. The van der Waals surface area contributed by atoms with Crippen LogP contribution in [0.2, 0.25) is 0 Å². The van der Waals surface area contributed by atoms with Crippen LogP contribution in [-0.4, -0.2) is 0 Å². The summed E-state index contributed by atoms with van der Waals surface area (Å²) in [6, 6.07) is 13.5. The summed E-state index contributed by atoms with van der Waals surface area (Å²) in [5.41, 5.74) is 3.77. The van der Waals surface area contributed by atoms with Gasteiger partial charge in [0.15, 0.2) is 11.6 Å². The van der Waals surface area contributed by atoms with Crippen molar-refractivity contribution < 1.29 is 8.78 Å². The van der Waals surface area contributed by atoms with Crippen molar-refractivity contribution in [2.75, 3.05) is 0 Å². The first-order valence-electron chi connectivity index (χ1n) is 11.5. The van der Waals surface area contributed by atoms with Gasteiger partial charge in [-0.05, 0) is 48.4 Å². The fourth-order valence-electron chi connectivity index (χ4n) is 4.42. The molecular weight excluding hydrogens is 374 g/mol. The Bertz CT molecular complexity index is 876. The fraction of sp³-hybridized carbons (Fsp3) is 0.429. The van der Waals surface area contributed by atoms with Crippen molar-refractivity contribution in [3.63, 3.8) is 0 Å². The van der Waals surface area contributed by atoms with Crippen LogP contribution in [0.5, 0.6) is 0 Å². The molecule has 0 aromatic heterocycles. The first kappa shape index (κ1) is 22.5. The Kier molecular flexibility index (Phi) is 8.01. The van der Waals surface area contributed by atoms with Crippen molar-refractivity contribution in [2.24, 2.45) is 0 Å². The highest BCUT2D eigenvalue weighted by Gasteiger charge is 2.30. The molecule has 2 aromatic rings. The highest BCUT2D eigenvalue weighted by molar-refractivity contribution is 5.76. The van der Waals surface area contributed by atoms with Gasteiger partial charge < -0.3 is 0 Å². The summed E-state index contributed by atoms with van der Waals surface area (Å²) >= 11 is 0. The van der Waals surface area contributed by atoms with E-state index in [-0.39, 0.29) is 5.41 Å². The smallest absolute Gasteiger partial charge is 0.166 e. The van der Waals surface area contributed by atoms with Crippen LogP contribution in [0.4, 0.5) is 8.78 Å². The lowest BCUT2D eigenvalue weighted by Gasteiger charge is -2.33. The number of halogens is 2. The molecule has 0 spiro atoms. The second kappa shape index (κ2) is 10.7. The van der Waals surface area contributed by atoms with E-state index in [1.165, 1.54) is 49.3 Å². The van der Waals surface area contributed by atoms with E-state index < -0.39 is 11.6 Å². The lowest BCUT2D eigenvalue weighted by atomic mass is 9.70. The van der Waals surface area contributed by atoms with E-state index in [0.29, 0.717) is 5.56 Å². The third kappa shape index (κ3) is 5.28. The van der Waals surface area contributed by atoms with Gasteiger partial charge in [0.25, 0.3) is 0 Å². The number of aryl methyl sites for hydroxylation is 1. The molecule has 2 aromatic carbocycles. The highest BCUT2D eigenvalue weighted by Crippen LogP contribution is 2.41. The normalized spacial score (nSPS) is 18.5. The van der Waals surface area contributed by atoms with Gasteiger partial charge in [0.1, 0.15) is 0 Å². The molecule has 0 bridgehead atoms. The van der Waals surface area contributed by atoms with Crippen LogP contribution in [0.1, 0.15) is 81.9 Å². The van der Waals surface area contributed by atoms with Gasteiger partial charge in [0.2, 0.25) is 0 Å². The Morgan fingerprint density at radius 1 is 0.867 bits per heavy atom. The molecule has 160 valence electrons. The second-order valence-electron chi connectivity index (χ2n) is 8.57. The Morgan fingerprint density at radius 3 is 2.27 bits per heavy atom. The molecule has 1 atom stereocenters. The number of unbranched alkanes of at least 4 members (excludes halogenated alkanes) is 4. The molecule has 1 aliphatic carbocycles. The van der Waals surface area contributed by atoms with Crippen LogP contribution in [0.15, 0.2) is 60.7 Å². The number of rotatable bonds is 10. The van der Waals surface area contributed by atoms with E-state index >= 15 is 0 Å². The van der Waals surface area contributed by atoms with Crippen molar-refractivity contribution in [2.45, 2.75) is 77.0 Å². The largest absolute Gasteiger partial charge is 0.204 e. The SMILES string of the molecule is CCCCCc1ccc(C2(CCCCC)C=CC(c3cccc(F)c3F)=CC2)cc1. The Labute approximate surface area is 180 Å². The maximum atomic E-state index is 14.3. The molecule has 0 aliphatic heterocycles. The molecule has 0 radical (unpaired) electrons. The third-order valence-corrected chi connectivity index (χ3v) is 6.36. The summed E-state index contributed by atoms with van der Waals surface area (Å²) in [5.74, 6) is -1.55. The molecule has 0 amide bonds. The van der Waals surface area contributed by atoms with Gasteiger partial charge in [-0.15, -0.1) is 0 Å². The number of hydrogen-bond acceptors (Lipinski definition) is 0. The van der Waals surface area contributed by atoms with Crippen LogP contribution in [0.3, 0.4) is 0 Å². The molecule has 1 unspecified atom stereocenters. The molecule has 30 heavy (non-hydrogen) atoms. The molecule has 0 fully saturated rings. The summed E-state index contributed by atoms with van der Waals surface area (Å²) in [6.07, 6.45) is 16.6. The zero-order valence-electron chi connectivity index (χ0n) is 18.4. The van der Waals surface area contributed by atoms with Gasteiger partial charge in [-0.2, -0.15) is 0 Å². The zero-order chi connectivity index (χ0) is 21.4. The molecule has 0 saturated carbocycles. The van der Waals surface area contributed by atoms with Crippen LogP contribution in [0, 0.1) is 11.6 Å². The van der Waals surface area contributed by atoms with Gasteiger partial charge in [-0.3, -0.25) is 0 Å². The monoisotopic (exact) mass is 408 g/mol. The van der Waals surface area contributed by atoms with Crippen LogP contribution in [0.25, 0.3) is 5.57 Å². The van der Waals surface area contributed by atoms with Gasteiger partial charge in [0, 0.05) is 11.0 Å². The lowest BCUT2D eigenvalue weighted by molar-refractivity contribution is 0.461. The summed E-state index contributed by atoms with van der Waals surface area (Å²) in [7, 11) is 0. The van der Waals surface area contributed by atoms with Gasteiger partial charge in [0.05, 0.1) is 0 Å². The van der Waals surface area contributed by atoms with E-state index in [1.807, 2.05) is 6.08 Å². The predicted octanol–water partition coefficient (Wildman–Crippen LogP) is 8.56. The molecule has 1 aliphatic rings. The van der Waals surface area contributed by atoms with Crippen molar-refractivity contribution in [1.82, 2.24) is 0 Å². The Balaban J connectivity index is 1.83. The van der Waals surface area contributed by atoms with Crippen molar-refractivity contribution in [3.05, 3.63) is 89.0 Å². The number of hydrogen-bond donors (Lipinski definition) is 0. The summed E-state index contributed by atoms with van der Waals surface area (Å²) in [6.45, 7) is 4.45.